The molecule has 1 amide bonds. The molecule has 0 spiro atoms. The summed E-state index contributed by atoms with van der Waals surface area (Å²) in [6.07, 6.45) is 11.1. The molecular formula is C18H27N5O. The molecule has 2 aromatic rings. The Morgan fingerprint density at radius 3 is 2.92 bits per heavy atom. The molecule has 6 nitrogen and oxygen atoms in total. The third kappa shape index (κ3) is 3.43. The largest absolute Gasteiger partial charge is 0.334 e. The lowest BCUT2D eigenvalue weighted by atomic mass is 9.78. The van der Waals surface area contributed by atoms with Crippen molar-refractivity contribution >= 4 is 11.6 Å². The molecule has 1 saturated carbocycles. The van der Waals surface area contributed by atoms with Crippen LogP contribution >= 0.6 is 0 Å². The fourth-order valence-electron chi connectivity index (χ4n) is 3.61. The van der Waals surface area contributed by atoms with Gasteiger partial charge in [0.1, 0.15) is 5.69 Å². The summed E-state index contributed by atoms with van der Waals surface area (Å²) in [5.41, 5.74) is 6.88. The zero-order chi connectivity index (χ0) is 17.1. The normalized spacial score (nSPS) is 24.2. The van der Waals surface area contributed by atoms with Gasteiger partial charge in [-0.15, -0.1) is 0 Å². The maximum Gasteiger partial charge on any atom is 0.274 e. The Balaban J connectivity index is 1.83. The van der Waals surface area contributed by atoms with Crippen LogP contribution in [-0.2, 0) is 0 Å². The van der Waals surface area contributed by atoms with E-state index in [-0.39, 0.29) is 11.9 Å². The van der Waals surface area contributed by atoms with E-state index in [0.717, 1.165) is 25.2 Å². The van der Waals surface area contributed by atoms with E-state index in [1.54, 1.807) is 18.6 Å². The molecule has 24 heavy (non-hydrogen) atoms. The number of carbonyl (C=O) groups excluding carboxylic acids is 1. The molecule has 3 unspecified atom stereocenters. The smallest absolute Gasteiger partial charge is 0.274 e. The monoisotopic (exact) mass is 329 g/mol. The first-order valence-electron chi connectivity index (χ1n) is 8.90. The minimum atomic E-state index is 0.0129. The molecule has 1 aliphatic carbocycles. The van der Waals surface area contributed by atoms with Gasteiger partial charge < -0.3 is 15.0 Å². The number of carbonyl (C=O) groups is 1. The highest BCUT2D eigenvalue weighted by Crippen LogP contribution is 2.32. The number of nitrogens with two attached hydrogens (primary N) is 1. The van der Waals surface area contributed by atoms with Gasteiger partial charge in [-0.25, -0.2) is 4.98 Å². The van der Waals surface area contributed by atoms with Crippen LogP contribution in [0.25, 0.3) is 5.65 Å². The van der Waals surface area contributed by atoms with Crippen LogP contribution in [-0.4, -0.2) is 44.3 Å². The number of amides is 1. The maximum atomic E-state index is 13.1. The molecule has 3 atom stereocenters. The second kappa shape index (κ2) is 7.30. The van der Waals surface area contributed by atoms with Gasteiger partial charge in [0.2, 0.25) is 0 Å². The van der Waals surface area contributed by atoms with Crippen LogP contribution < -0.4 is 5.73 Å². The molecule has 0 bridgehead atoms. The summed E-state index contributed by atoms with van der Waals surface area (Å²) in [4.78, 5) is 23.6. The van der Waals surface area contributed by atoms with E-state index in [2.05, 4.69) is 23.8 Å². The molecule has 0 radical (unpaired) electrons. The van der Waals surface area contributed by atoms with Gasteiger partial charge >= 0.3 is 0 Å². The van der Waals surface area contributed by atoms with Crippen molar-refractivity contribution in [1.29, 1.82) is 0 Å². The summed E-state index contributed by atoms with van der Waals surface area (Å²) in [6, 6.07) is 0.290. The zero-order valence-corrected chi connectivity index (χ0v) is 14.6. The van der Waals surface area contributed by atoms with E-state index < -0.39 is 0 Å². The molecule has 1 fully saturated rings. The van der Waals surface area contributed by atoms with Crippen molar-refractivity contribution in [2.45, 2.75) is 45.6 Å². The van der Waals surface area contributed by atoms with E-state index in [1.165, 1.54) is 6.42 Å². The number of hydrogen-bond donors (Lipinski definition) is 1. The molecule has 1 aliphatic rings. The van der Waals surface area contributed by atoms with Crippen molar-refractivity contribution in [2.75, 3.05) is 13.1 Å². The second-order valence-corrected chi connectivity index (χ2v) is 7.03. The summed E-state index contributed by atoms with van der Waals surface area (Å²) in [6.45, 7) is 5.89. The van der Waals surface area contributed by atoms with E-state index in [0.29, 0.717) is 30.3 Å². The van der Waals surface area contributed by atoms with E-state index >= 15 is 0 Å². The Labute approximate surface area is 143 Å². The number of nitrogens with zero attached hydrogens (tertiary/aromatic N) is 4. The Morgan fingerprint density at radius 1 is 1.38 bits per heavy atom. The topological polar surface area (TPSA) is 76.5 Å². The van der Waals surface area contributed by atoms with E-state index in [9.17, 15) is 4.79 Å². The lowest BCUT2D eigenvalue weighted by molar-refractivity contribution is 0.0557. The highest BCUT2D eigenvalue weighted by Gasteiger charge is 2.32. The molecule has 0 aliphatic heterocycles. The highest BCUT2D eigenvalue weighted by atomic mass is 16.2. The molecule has 2 N–H and O–H groups in total. The van der Waals surface area contributed by atoms with Crippen LogP contribution in [0.15, 0.2) is 24.8 Å². The van der Waals surface area contributed by atoms with Crippen molar-refractivity contribution in [3.8, 4) is 0 Å². The number of fused-ring (bicyclic) bond motifs is 1. The summed E-state index contributed by atoms with van der Waals surface area (Å²) >= 11 is 0. The Hall–Kier alpha value is -1.95. The van der Waals surface area contributed by atoms with Gasteiger partial charge in [-0.05, 0) is 44.1 Å². The molecule has 130 valence electrons. The Kier molecular flexibility index (Phi) is 5.14. The quantitative estimate of drug-likeness (QED) is 0.913. The summed E-state index contributed by atoms with van der Waals surface area (Å²) in [5, 5.41) is 0. The Morgan fingerprint density at radius 2 is 2.21 bits per heavy atom. The molecule has 0 aromatic carbocycles. The van der Waals surface area contributed by atoms with Crippen molar-refractivity contribution in [3.63, 3.8) is 0 Å². The molecule has 6 heteroatoms. The second-order valence-electron chi connectivity index (χ2n) is 7.03. The van der Waals surface area contributed by atoms with Gasteiger partial charge in [0.25, 0.3) is 5.91 Å². The van der Waals surface area contributed by atoms with Crippen LogP contribution in [0.3, 0.4) is 0 Å². The molecule has 2 heterocycles. The highest BCUT2D eigenvalue weighted by molar-refractivity contribution is 5.93. The van der Waals surface area contributed by atoms with Crippen molar-refractivity contribution < 1.29 is 4.79 Å². The number of aromatic nitrogens is 3. The summed E-state index contributed by atoms with van der Waals surface area (Å²) < 4.78 is 1.84. The number of imidazole rings is 1. The average molecular weight is 329 g/mol. The lowest BCUT2D eigenvalue weighted by Crippen LogP contribution is -2.45. The standard InChI is InChI=1S/C18H27N5O/c1-13-4-5-15(10-14(13)2)23(8-3-6-19)18(24)16-12-22-9-7-20-11-17(22)21-16/h7,9,11-15H,3-6,8,10,19H2,1-2H3. The molecular weight excluding hydrogens is 302 g/mol. The maximum absolute atomic E-state index is 13.1. The average Bonchev–Trinajstić information content (AvgIpc) is 3.02. The first-order chi connectivity index (χ1) is 11.6. The van der Waals surface area contributed by atoms with Gasteiger partial charge in [-0.2, -0.15) is 0 Å². The molecule has 2 aromatic heterocycles. The van der Waals surface area contributed by atoms with Crippen molar-refractivity contribution in [3.05, 3.63) is 30.5 Å². The van der Waals surface area contributed by atoms with Gasteiger partial charge in [0, 0.05) is 31.2 Å². The summed E-state index contributed by atoms with van der Waals surface area (Å²) in [7, 11) is 0. The van der Waals surface area contributed by atoms with Gasteiger partial charge in [-0.1, -0.05) is 13.8 Å². The van der Waals surface area contributed by atoms with Crippen molar-refractivity contribution in [2.24, 2.45) is 17.6 Å². The van der Waals surface area contributed by atoms with E-state index in [1.807, 2.05) is 15.5 Å². The SMILES string of the molecule is CC1CCC(N(CCCN)C(=O)c2cn3ccncc3n2)CC1C. The predicted octanol–water partition coefficient (Wildman–Crippen LogP) is 2.34. The van der Waals surface area contributed by atoms with E-state index in [4.69, 9.17) is 5.73 Å². The minimum absolute atomic E-state index is 0.0129. The van der Waals surface area contributed by atoms with Crippen LogP contribution in [0.5, 0.6) is 0 Å². The Bertz CT molecular complexity index is 665. The number of rotatable bonds is 5. The fraction of sp³-hybridized carbons (Fsp3) is 0.611. The lowest BCUT2D eigenvalue weighted by Gasteiger charge is -2.39. The predicted molar refractivity (Wildman–Crippen MR) is 93.7 cm³/mol. The van der Waals surface area contributed by atoms with Crippen LogP contribution in [0.1, 0.15) is 50.0 Å². The van der Waals surface area contributed by atoms with Crippen LogP contribution in [0.4, 0.5) is 0 Å². The van der Waals surface area contributed by atoms with Gasteiger partial charge in [0.15, 0.2) is 5.65 Å². The van der Waals surface area contributed by atoms with Crippen LogP contribution in [0, 0.1) is 11.8 Å². The third-order valence-electron chi connectivity index (χ3n) is 5.36. The van der Waals surface area contributed by atoms with Crippen molar-refractivity contribution in [1.82, 2.24) is 19.3 Å². The minimum Gasteiger partial charge on any atom is -0.334 e. The molecule has 0 saturated heterocycles. The molecule has 3 rings (SSSR count). The first kappa shape index (κ1) is 16.9. The third-order valence-corrected chi connectivity index (χ3v) is 5.36. The number of hydrogen-bond acceptors (Lipinski definition) is 4. The zero-order valence-electron chi connectivity index (χ0n) is 14.6. The van der Waals surface area contributed by atoms with Gasteiger partial charge in [0.05, 0.1) is 6.20 Å². The fourth-order valence-corrected chi connectivity index (χ4v) is 3.61. The first-order valence-corrected chi connectivity index (χ1v) is 8.90. The van der Waals surface area contributed by atoms with Crippen LogP contribution in [0.2, 0.25) is 0 Å². The summed E-state index contributed by atoms with van der Waals surface area (Å²) in [5.74, 6) is 1.38. The van der Waals surface area contributed by atoms with Gasteiger partial charge in [-0.3, -0.25) is 9.78 Å².